The molecule has 364 valence electrons. The molecular formula is C55H64N10O5. The number of likely N-dealkylation sites (tertiary alicyclic amines) is 3. The predicted octanol–water partition coefficient (Wildman–Crippen LogP) is 7.39. The average molecular weight is 945 g/mol. The number of piperidine rings is 4. The van der Waals surface area contributed by atoms with Crippen LogP contribution in [0.5, 0.6) is 0 Å². The second-order valence-corrected chi connectivity index (χ2v) is 20.4. The largest absolute Gasteiger partial charge is 0.383 e. The lowest BCUT2D eigenvalue weighted by atomic mass is 9.82. The number of para-hydroxylation sites is 1. The maximum absolute atomic E-state index is 13.9. The summed E-state index contributed by atoms with van der Waals surface area (Å²) in [5.74, 6) is 1.20. The molecule has 4 aliphatic heterocycles. The van der Waals surface area contributed by atoms with Gasteiger partial charge >= 0.3 is 5.69 Å². The highest BCUT2D eigenvalue weighted by molar-refractivity contribution is 6.00. The Labute approximate surface area is 407 Å². The number of aromatic nitrogens is 6. The Bertz CT molecular complexity index is 3110. The fourth-order valence-electron chi connectivity index (χ4n) is 12.1. The zero-order valence-corrected chi connectivity index (χ0v) is 40.4. The number of hydrogen-bond donors (Lipinski definition) is 2. The fourth-order valence-corrected chi connectivity index (χ4v) is 12.1. The number of hydrogen-bond acceptors (Lipinski definition) is 9. The van der Waals surface area contributed by atoms with Gasteiger partial charge in [-0.05, 0) is 160 Å². The Morgan fingerprint density at radius 1 is 0.814 bits per heavy atom. The van der Waals surface area contributed by atoms with Crippen LogP contribution < -0.4 is 11.0 Å². The van der Waals surface area contributed by atoms with Crippen molar-refractivity contribution in [2.24, 2.45) is 18.9 Å². The first-order valence-corrected chi connectivity index (χ1v) is 25.4. The first kappa shape index (κ1) is 46.0. The molecule has 15 nitrogen and oxygen atoms in total. The number of nitrogens with one attached hydrogen (secondary N) is 2. The van der Waals surface area contributed by atoms with E-state index in [2.05, 4.69) is 102 Å². The minimum atomic E-state index is -0.723. The van der Waals surface area contributed by atoms with Crippen LogP contribution in [-0.4, -0.2) is 114 Å². The molecule has 2 N–H and O–H groups in total. The van der Waals surface area contributed by atoms with Crippen LogP contribution in [0.25, 0.3) is 44.1 Å². The SMILES string of the molecule is COCCn1c(=O)n(C2CCC(=O)NC2=O)c2cccc(CN3CCC(CC4CCN(C(=O)c5ccc(C6CCN(Cc7cc8c(-c9ccc%10[nH]ncc%10c9)ccnc8n7C)CC6)cc5)CC4)CC3)c21. The summed E-state index contributed by atoms with van der Waals surface area (Å²) in [5.41, 5.74) is 10.2. The molecule has 3 amide bonds. The average Bonchev–Trinajstić information content (AvgIpc) is 4.07. The van der Waals surface area contributed by atoms with Gasteiger partial charge in [-0.25, -0.2) is 9.78 Å². The number of aromatic amines is 1. The lowest BCUT2D eigenvalue weighted by Crippen LogP contribution is -2.44. The second-order valence-electron chi connectivity index (χ2n) is 20.4. The summed E-state index contributed by atoms with van der Waals surface area (Å²) in [4.78, 5) is 64.3. The molecule has 8 heterocycles. The quantitative estimate of drug-likeness (QED) is 0.113. The Balaban J connectivity index is 0.642. The number of benzene rings is 3. The van der Waals surface area contributed by atoms with E-state index in [4.69, 9.17) is 9.72 Å². The maximum atomic E-state index is 13.9. The van der Waals surface area contributed by atoms with Gasteiger partial charge in [-0.15, -0.1) is 0 Å². The highest BCUT2D eigenvalue weighted by atomic mass is 16.5. The normalized spacial score (nSPS) is 19.5. The van der Waals surface area contributed by atoms with E-state index in [0.717, 1.165) is 130 Å². The van der Waals surface area contributed by atoms with Crippen molar-refractivity contribution in [1.82, 2.24) is 48.9 Å². The van der Waals surface area contributed by atoms with Crippen LogP contribution in [-0.2, 0) is 41.0 Å². The van der Waals surface area contributed by atoms with E-state index in [1.165, 1.54) is 34.2 Å². The van der Waals surface area contributed by atoms with Crippen molar-refractivity contribution in [1.29, 1.82) is 0 Å². The number of carbonyl (C=O) groups is 3. The summed E-state index contributed by atoms with van der Waals surface area (Å²) in [5, 5.41) is 11.9. The number of methoxy groups -OCH3 is 1. The molecule has 0 spiro atoms. The molecule has 4 aromatic heterocycles. The first-order chi connectivity index (χ1) is 34.2. The van der Waals surface area contributed by atoms with Crippen molar-refractivity contribution in [2.75, 3.05) is 53.0 Å². The Kier molecular flexibility index (Phi) is 13.0. The number of imide groups is 1. The third kappa shape index (κ3) is 9.10. The third-order valence-electron chi connectivity index (χ3n) is 16.2. The van der Waals surface area contributed by atoms with Gasteiger partial charge in [0.2, 0.25) is 11.8 Å². The molecule has 70 heavy (non-hydrogen) atoms. The monoisotopic (exact) mass is 945 g/mol. The molecule has 4 saturated heterocycles. The van der Waals surface area contributed by atoms with Gasteiger partial charge in [0.25, 0.3) is 5.91 Å². The van der Waals surface area contributed by atoms with E-state index in [-0.39, 0.29) is 23.9 Å². The molecule has 1 atom stereocenters. The Morgan fingerprint density at radius 3 is 2.31 bits per heavy atom. The molecular weight excluding hydrogens is 881 g/mol. The predicted molar refractivity (Wildman–Crippen MR) is 270 cm³/mol. The summed E-state index contributed by atoms with van der Waals surface area (Å²) >= 11 is 0. The number of H-pyrrole nitrogens is 1. The number of imidazole rings is 1. The van der Waals surface area contributed by atoms with Gasteiger partial charge < -0.3 is 14.2 Å². The van der Waals surface area contributed by atoms with Gasteiger partial charge in [-0.1, -0.05) is 30.3 Å². The molecule has 11 rings (SSSR count). The van der Waals surface area contributed by atoms with Crippen molar-refractivity contribution in [3.63, 3.8) is 0 Å². The molecule has 3 aromatic carbocycles. The zero-order chi connectivity index (χ0) is 47.9. The number of rotatable bonds is 13. The zero-order valence-electron chi connectivity index (χ0n) is 40.4. The summed E-state index contributed by atoms with van der Waals surface area (Å²) in [7, 11) is 3.75. The van der Waals surface area contributed by atoms with Crippen molar-refractivity contribution < 1.29 is 19.1 Å². The molecule has 7 aromatic rings. The van der Waals surface area contributed by atoms with Crippen LogP contribution in [0, 0.1) is 11.8 Å². The van der Waals surface area contributed by atoms with Crippen LogP contribution in [0.1, 0.15) is 96.9 Å². The van der Waals surface area contributed by atoms with Crippen LogP contribution >= 0.6 is 0 Å². The van der Waals surface area contributed by atoms with Crippen LogP contribution in [0.4, 0.5) is 0 Å². The van der Waals surface area contributed by atoms with E-state index in [1.54, 1.807) is 16.2 Å². The van der Waals surface area contributed by atoms with Crippen molar-refractivity contribution in [2.45, 2.75) is 89.4 Å². The van der Waals surface area contributed by atoms with Gasteiger partial charge in [-0.2, -0.15) is 5.10 Å². The first-order valence-electron chi connectivity index (χ1n) is 25.4. The summed E-state index contributed by atoms with van der Waals surface area (Å²) in [6.45, 7) is 8.00. The number of aryl methyl sites for hydroxylation is 1. The third-order valence-corrected chi connectivity index (χ3v) is 16.2. The number of pyridine rings is 1. The standard InChI is InChI=1S/C55H64N10O5/c1-60-44(32-46-45(14-21-56-52(46)60)41-10-11-47-43(31-41)33-57-59-47)35-62-24-19-39(20-25-62)38-6-8-40(9-7-38)54(68)63-26-17-37(18-27-63)30-36-15-22-61(23-16-36)34-42-4-3-5-48-51(42)64(28-29-70-2)55(69)65(48)49-12-13-50(66)58-53(49)67/h3-11,14,21,31-33,36-37,39,49H,12-13,15-20,22-30,34-35H2,1-2H3,(H,57,59)(H,58,66,67). The van der Waals surface area contributed by atoms with E-state index in [0.29, 0.717) is 37.3 Å². The van der Waals surface area contributed by atoms with Gasteiger partial charge in [-0.3, -0.25) is 43.7 Å². The fraction of sp³-hybridized carbons (Fsp3) is 0.455. The highest BCUT2D eigenvalue weighted by Crippen LogP contribution is 2.35. The number of fused-ring (bicyclic) bond motifs is 3. The molecule has 0 aliphatic carbocycles. The van der Waals surface area contributed by atoms with Crippen molar-refractivity contribution >= 4 is 50.7 Å². The number of amides is 3. The lowest BCUT2D eigenvalue weighted by molar-refractivity contribution is -0.135. The smallest absolute Gasteiger partial charge is 0.329 e. The van der Waals surface area contributed by atoms with Crippen LogP contribution in [0.2, 0.25) is 0 Å². The van der Waals surface area contributed by atoms with Crippen molar-refractivity contribution in [3.8, 4) is 11.1 Å². The molecule has 4 fully saturated rings. The van der Waals surface area contributed by atoms with Crippen LogP contribution in [0.15, 0.2) is 90.0 Å². The maximum Gasteiger partial charge on any atom is 0.329 e. The summed E-state index contributed by atoms with van der Waals surface area (Å²) < 4.78 is 10.9. The molecule has 15 heteroatoms. The minimum absolute atomic E-state index is 0.151. The van der Waals surface area contributed by atoms with E-state index in [9.17, 15) is 19.2 Å². The minimum Gasteiger partial charge on any atom is -0.383 e. The molecule has 1 unspecified atom stereocenters. The van der Waals surface area contributed by atoms with Gasteiger partial charge in [0, 0.05) is 75.0 Å². The second kappa shape index (κ2) is 19.8. The number of nitrogens with zero attached hydrogens (tertiary/aromatic N) is 8. The van der Waals surface area contributed by atoms with E-state index in [1.807, 2.05) is 24.5 Å². The highest BCUT2D eigenvalue weighted by Gasteiger charge is 2.33. The Hall–Kier alpha value is -6.42. The van der Waals surface area contributed by atoms with Gasteiger partial charge in [0.05, 0.1) is 35.9 Å². The molecule has 0 bridgehead atoms. The number of ether oxygens (including phenoxy) is 1. The topological polar surface area (TPSA) is 156 Å². The Morgan fingerprint density at radius 2 is 1.56 bits per heavy atom. The molecule has 0 saturated carbocycles. The summed E-state index contributed by atoms with van der Waals surface area (Å²) in [6.07, 6.45) is 12.0. The van der Waals surface area contributed by atoms with E-state index < -0.39 is 11.9 Å². The van der Waals surface area contributed by atoms with Crippen molar-refractivity contribution in [3.05, 3.63) is 118 Å². The lowest BCUT2D eigenvalue weighted by Gasteiger charge is -2.37. The summed E-state index contributed by atoms with van der Waals surface area (Å²) in [6, 6.07) is 24.6. The van der Waals surface area contributed by atoms with E-state index >= 15 is 0 Å². The molecule has 4 aliphatic rings. The molecule has 0 radical (unpaired) electrons. The van der Waals surface area contributed by atoms with Gasteiger partial charge in [0.15, 0.2) is 0 Å². The number of carbonyl (C=O) groups excluding carboxylic acids is 3. The van der Waals surface area contributed by atoms with Gasteiger partial charge in [0.1, 0.15) is 11.7 Å². The van der Waals surface area contributed by atoms with Crippen LogP contribution in [0.3, 0.4) is 0 Å².